The van der Waals surface area contributed by atoms with Gasteiger partial charge >= 0.3 is 0 Å². The van der Waals surface area contributed by atoms with Crippen LogP contribution in [-0.4, -0.2) is 36.0 Å². The Labute approximate surface area is 206 Å². The number of fused-ring (bicyclic) bond motifs is 1. The molecule has 0 saturated carbocycles. The molecule has 1 N–H and O–H groups in total. The van der Waals surface area contributed by atoms with E-state index >= 15 is 0 Å². The molecule has 36 heavy (non-hydrogen) atoms. The predicted octanol–water partition coefficient (Wildman–Crippen LogP) is 5.35. The molecule has 0 aliphatic carbocycles. The molecule has 0 bridgehead atoms. The molecule has 4 aromatic rings. The Bertz CT molecular complexity index is 1560. The predicted molar refractivity (Wildman–Crippen MR) is 121 cm³/mol. The second kappa shape index (κ2) is 9.74. The van der Waals surface area contributed by atoms with Gasteiger partial charge in [-0.15, -0.1) is 0 Å². The maximum absolute atomic E-state index is 13.4. The number of nitrogens with zero attached hydrogens (tertiary/aromatic N) is 3. The fourth-order valence-electron chi connectivity index (χ4n) is 3.26. The van der Waals surface area contributed by atoms with Gasteiger partial charge in [-0.05, 0) is 42.5 Å². The van der Waals surface area contributed by atoms with E-state index < -0.39 is 45.7 Å². The fourth-order valence-corrected chi connectivity index (χ4v) is 4.70. The normalized spacial score (nSPS) is 11.9. The van der Waals surface area contributed by atoms with Crippen LogP contribution in [-0.2, 0) is 9.84 Å². The number of amides is 1. The topological polar surface area (TPSA) is 103 Å². The molecule has 0 spiro atoms. The third kappa shape index (κ3) is 4.97. The number of aromatic nitrogens is 3. The van der Waals surface area contributed by atoms with E-state index in [1.54, 1.807) is 0 Å². The molecule has 2 aromatic carbocycles. The summed E-state index contributed by atoms with van der Waals surface area (Å²) in [6.07, 6.45) is -6.28. The number of carbonyl (C=O) groups excluding carboxylic acids is 1. The number of rotatable bonds is 7. The van der Waals surface area contributed by atoms with Crippen LogP contribution < -0.4 is 10.1 Å². The molecule has 4 rings (SSSR count). The molecule has 14 heteroatoms. The first-order valence-electron chi connectivity index (χ1n) is 9.97. The summed E-state index contributed by atoms with van der Waals surface area (Å²) in [5, 5.41) is 6.50. The number of sulfone groups is 1. The molecule has 0 saturated heterocycles. The van der Waals surface area contributed by atoms with Crippen molar-refractivity contribution in [3.05, 3.63) is 76.7 Å². The summed E-state index contributed by atoms with van der Waals surface area (Å²) in [7, 11) is -2.74. The Morgan fingerprint density at radius 1 is 1.00 bits per heavy atom. The van der Waals surface area contributed by atoms with Crippen LogP contribution in [0.2, 0.25) is 5.02 Å². The molecule has 2 aromatic heterocycles. The SMILES string of the molecule is COc1cc(NC(=O)c2cc3nc(C(F)F)cc(C(F)F)n3n2)cc(S(=O)(=O)c2ccc(Cl)cc2)c1. The number of ether oxygens (including phenoxy) is 1. The molecule has 1 amide bonds. The molecule has 2 heterocycles. The zero-order chi connectivity index (χ0) is 26.2. The highest BCUT2D eigenvalue weighted by Crippen LogP contribution is 2.30. The van der Waals surface area contributed by atoms with Gasteiger partial charge in [-0.25, -0.2) is 35.5 Å². The van der Waals surface area contributed by atoms with Gasteiger partial charge in [0.25, 0.3) is 18.8 Å². The first kappa shape index (κ1) is 25.4. The molecule has 0 unspecified atom stereocenters. The average Bonchev–Trinajstić information content (AvgIpc) is 3.27. The quantitative estimate of drug-likeness (QED) is 0.316. The van der Waals surface area contributed by atoms with E-state index in [4.69, 9.17) is 16.3 Å². The molecule has 0 aliphatic heterocycles. The number of benzene rings is 2. The van der Waals surface area contributed by atoms with Crippen molar-refractivity contribution < 1.29 is 35.5 Å². The third-order valence-corrected chi connectivity index (χ3v) is 6.96. The van der Waals surface area contributed by atoms with Crippen molar-refractivity contribution in [1.82, 2.24) is 14.6 Å². The van der Waals surface area contributed by atoms with Crippen LogP contribution in [0.1, 0.15) is 34.7 Å². The number of methoxy groups -OCH3 is 1. The maximum atomic E-state index is 13.4. The van der Waals surface area contributed by atoms with E-state index in [0.29, 0.717) is 15.6 Å². The van der Waals surface area contributed by atoms with Crippen LogP contribution in [0.3, 0.4) is 0 Å². The van der Waals surface area contributed by atoms with Gasteiger partial charge in [0.2, 0.25) is 9.84 Å². The highest BCUT2D eigenvalue weighted by molar-refractivity contribution is 7.91. The molecular weight excluding hydrogens is 528 g/mol. The molecule has 0 atom stereocenters. The van der Waals surface area contributed by atoms with Crippen molar-refractivity contribution in [3.63, 3.8) is 0 Å². The molecule has 0 fully saturated rings. The van der Waals surface area contributed by atoms with Crippen LogP contribution in [0.5, 0.6) is 5.75 Å². The lowest BCUT2D eigenvalue weighted by Crippen LogP contribution is -2.14. The van der Waals surface area contributed by atoms with Gasteiger partial charge in [0, 0.05) is 22.8 Å². The summed E-state index contributed by atoms with van der Waals surface area (Å²) >= 11 is 5.82. The van der Waals surface area contributed by atoms with Crippen molar-refractivity contribution in [2.45, 2.75) is 22.6 Å². The number of anilines is 1. The maximum Gasteiger partial charge on any atom is 0.280 e. The molecular formula is C22H15ClF4N4O4S. The van der Waals surface area contributed by atoms with Crippen LogP contribution in [0.4, 0.5) is 23.2 Å². The summed E-state index contributed by atoms with van der Waals surface area (Å²) < 4.78 is 84.7. The summed E-state index contributed by atoms with van der Waals surface area (Å²) in [4.78, 5) is 16.1. The highest BCUT2D eigenvalue weighted by Gasteiger charge is 2.23. The average molecular weight is 543 g/mol. The van der Waals surface area contributed by atoms with Crippen molar-refractivity contribution in [2.24, 2.45) is 0 Å². The molecule has 188 valence electrons. The minimum absolute atomic E-state index is 0.0146. The second-order valence-corrected chi connectivity index (χ2v) is 9.70. The van der Waals surface area contributed by atoms with Gasteiger partial charge in [-0.1, -0.05) is 11.6 Å². The molecule has 0 aliphatic rings. The Morgan fingerprint density at radius 3 is 2.31 bits per heavy atom. The van der Waals surface area contributed by atoms with Crippen LogP contribution in [0, 0.1) is 0 Å². The standard InChI is InChI=1S/C22H15ClF4N4O4S/c1-35-13-6-12(7-15(8-13)36(33,34)14-4-2-11(23)3-5-14)28-22(32)17-10-19-29-16(20(24)25)9-18(21(26)27)31(19)30-17/h2-10,20-21H,1H3,(H,28,32). The van der Waals surface area contributed by atoms with Crippen molar-refractivity contribution >= 4 is 38.7 Å². The van der Waals surface area contributed by atoms with Crippen molar-refractivity contribution in [3.8, 4) is 5.75 Å². The van der Waals surface area contributed by atoms with Crippen molar-refractivity contribution in [2.75, 3.05) is 12.4 Å². The summed E-state index contributed by atoms with van der Waals surface area (Å²) in [5.74, 6) is -0.832. The summed E-state index contributed by atoms with van der Waals surface area (Å²) in [5.41, 5.74) is -2.58. The first-order chi connectivity index (χ1) is 17.0. The minimum Gasteiger partial charge on any atom is -0.497 e. The Morgan fingerprint density at radius 2 is 1.69 bits per heavy atom. The zero-order valence-corrected chi connectivity index (χ0v) is 19.7. The molecule has 0 radical (unpaired) electrons. The third-order valence-electron chi connectivity index (χ3n) is 4.96. The van der Waals surface area contributed by atoms with Gasteiger partial charge in [0.15, 0.2) is 11.3 Å². The van der Waals surface area contributed by atoms with Crippen LogP contribution in [0.15, 0.2) is 64.4 Å². The van der Waals surface area contributed by atoms with E-state index in [2.05, 4.69) is 15.4 Å². The number of alkyl halides is 4. The minimum atomic E-state index is -4.03. The number of halogens is 5. The lowest BCUT2D eigenvalue weighted by Gasteiger charge is -2.11. The smallest absolute Gasteiger partial charge is 0.280 e. The van der Waals surface area contributed by atoms with Gasteiger partial charge in [0.05, 0.1) is 16.9 Å². The van der Waals surface area contributed by atoms with Gasteiger partial charge in [0.1, 0.15) is 17.1 Å². The monoisotopic (exact) mass is 542 g/mol. The van der Waals surface area contributed by atoms with Crippen molar-refractivity contribution in [1.29, 1.82) is 0 Å². The second-order valence-electron chi connectivity index (χ2n) is 7.32. The fraction of sp³-hybridized carbons (Fsp3) is 0.136. The van der Waals surface area contributed by atoms with E-state index in [-0.39, 0.29) is 26.9 Å². The number of hydrogen-bond donors (Lipinski definition) is 1. The number of hydrogen-bond acceptors (Lipinski definition) is 6. The lowest BCUT2D eigenvalue weighted by atomic mass is 10.3. The number of carbonyl (C=O) groups is 1. The van der Waals surface area contributed by atoms with Gasteiger partial charge < -0.3 is 10.1 Å². The van der Waals surface area contributed by atoms with E-state index in [1.807, 2.05) is 0 Å². The zero-order valence-electron chi connectivity index (χ0n) is 18.1. The first-order valence-corrected chi connectivity index (χ1v) is 11.8. The summed E-state index contributed by atoms with van der Waals surface area (Å²) in [6, 6.07) is 10.6. The Balaban J connectivity index is 1.71. The van der Waals surface area contributed by atoms with E-state index in [9.17, 15) is 30.8 Å². The lowest BCUT2D eigenvalue weighted by molar-refractivity contribution is 0.102. The highest BCUT2D eigenvalue weighted by atomic mass is 35.5. The Hall–Kier alpha value is -3.71. The Kier molecular flexibility index (Phi) is 6.87. The van der Waals surface area contributed by atoms with Gasteiger partial charge in [-0.2, -0.15) is 5.10 Å². The van der Waals surface area contributed by atoms with E-state index in [0.717, 1.165) is 12.1 Å². The van der Waals surface area contributed by atoms with Crippen LogP contribution in [0.25, 0.3) is 5.65 Å². The molecule has 8 nitrogen and oxygen atoms in total. The largest absolute Gasteiger partial charge is 0.497 e. The van der Waals surface area contributed by atoms with Crippen LogP contribution >= 0.6 is 11.6 Å². The number of nitrogens with one attached hydrogen (secondary N) is 1. The van der Waals surface area contributed by atoms with E-state index in [1.165, 1.54) is 43.5 Å². The summed E-state index contributed by atoms with van der Waals surface area (Å²) in [6.45, 7) is 0. The van der Waals surface area contributed by atoms with Gasteiger partial charge in [-0.3, -0.25) is 4.79 Å².